The first-order valence-corrected chi connectivity index (χ1v) is 4.57. The van der Waals surface area contributed by atoms with Gasteiger partial charge in [-0.2, -0.15) is 0 Å². The third-order valence-corrected chi connectivity index (χ3v) is 2.24. The monoisotopic (exact) mass is 245 g/mol. The minimum absolute atomic E-state index is 0.0847. The van der Waals surface area contributed by atoms with Gasteiger partial charge in [-0.3, -0.25) is 4.79 Å². The van der Waals surface area contributed by atoms with Gasteiger partial charge in [-0.1, -0.05) is 6.07 Å². The highest BCUT2D eigenvalue weighted by Crippen LogP contribution is 2.16. The molecule has 0 bridgehead atoms. The first kappa shape index (κ1) is 10.2. The van der Waals surface area contributed by atoms with Gasteiger partial charge in [0.1, 0.15) is 5.82 Å². The SMILES string of the molecule is CNC(=O)Cc1ccc(F)c(Br)c1. The second-order valence-corrected chi connectivity index (χ2v) is 3.45. The summed E-state index contributed by atoms with van der Waals surface area (Å²) in [7, 11) is 1.57. The van der Waals surface area contributed by atoms with Crippen molar-refractivity contribution in [2.24, 2.45) is 0 Å². The van der Waals surface area contributed by atoms with Crippen molar-refractivity contribution in [1.82, 2.24) is 5.32 Å². The lowest BCUT2D eigenvalue weighted by molar-refractivity contribution is -0.119. The zero-order chi connectivity index (χ0) is 9.84. The third kappa shape index (κ3) is 2.81. The molecule has 0 heterocycles. The third-order valence-electron chi connectivity index (χ3n) is 1.63. The molecule has 0 saturated carbocycles. The van der Waals surface area contributed by atoms with E-state index in [2.05, 4.69) is 21.2 Å². The highest BCUT2D eigenvalue weighted by molar-refractivity contribution is 9.10. The molecule has 2 nitrogen and oxygen atoms in total. The van der Waals surface area contributed by atoms with Gasteiger partial charge in [0.25, 0.3) is 0 Å². The molecule has 0 fully saturated rings. The summed E-state index contributed by atoms with van der Waals surface area (Å²) in [6, 6.07) is 4.53. The molecular weight excluding hydrogens is 237 g/mol. The number of benzene rings is 1. The number of hydrogen-bond donors (Lipinski definition) is 1. The van der Waals surface area contributed by atoms with E-state index in [1.165, 1.54) is 6.07 Å². The first-order chi connectivity index (χ1) is 6.13. The van der Waals surface area contributed by atoms with Crippen molar-refractivity contribution in [2.45, 2.75) is 6.42 Å². The van der Waals surface area contributed by atoms with Crippen LogP contribution in [-0.2, 0) is 11.2 Å². The van der Waals surface area contributed by atoms with E-state index in [4.69, 9.17) is 0 Å². The van der Waals surface area contributed by atoms with E-state index in [0.29, 0.717) is 4.47 Å². The molecule has 0 atom stereocenters. The van der Waals surface area contributed by atoms with Crippen molar-refractivity contribution < 1.29 is 9.18 Å². The number of carbonyl (C=O) groups is 1. The summed E-state index contributed by atoms with van der Waals surface area (Å²) in [5.41, 5.74) is 0.785. The number of halogens is 2. The van der Waals surface area contributed by atoms with Gasteiger partial charge >= 0.3 is 0 Å². The van der Waals surface area contributed by atoms with Gasteiger partial charge in [-0.05, 0) is 33.6 Å². The molecule has 13 heavy (non-hydrogen) atoms. The molecule has 0 aliphatic heterocycles. The number of carbonyl (C=O) groups excluding carboxylic acids is 1. The zero-order valence-corrected chi connectivity index (χ0v) is 8.69. The van der Waals surface area contributed by atoms with Crippen LogP contribution in [0, 0.1) is 5.82 Å². The summed E-state index contributed by atoms with van der Waals surface area (Å²) < 4.78 is 13.2. The van der Waals surface area contributed by atoms with Gasteiger partial charge in [-0.25, -0.2) is 4.39 Å². The van der Waals surface area contributed by atoms with Crippen molar-refractivity contribution in [3.63, 3.8) is 0 Å². The Kier molecular flexibility index (Phi) is 3.42. The van der Waals surface area contributed by atoms with Crippen LogP contribution in [0.4, 0.5) is 4.39 Å². The molecule has 0 saturated heterocycles. The molecule has 70 valence electrons. The first-order valence-electron chi connectivity index (χ1n) is 3.78. The standard InChI is InChI=1S/C9H9BrFNO/c1-12-9(13)5-6-2-3-8(11)7(10)4-6/h2-4H,5H2,1H3,(H,12,13). The van der Waals surface area contributed by atoms with Crippen molar-refractivity contribution >= 4 is 21.8 Å². The Morgan fingerprint density at radius 3 is 2.85 bits per heavy atom. The maximum Gasteiger partial charge on any atom is 0.224 e. The minimum Gasteiger partial charge on any atom is -0.359 e. The summed E-state index contributed by atoms with van der Waals surface area (Å²) in [4.78, 5) is 11.0. The molecular formula is C9H9BrFNO. The highest BCUT2D eigenvalue weighted by atomic mass is 79.9. The van der Waals surface area contributed by atoms with Crippen molar-refractivity contribution in [3.8, 4) is 0 Å². The normalized spacial score (nSPS) is 9.77. The molecule has 0 radical (unpaired) electrons. The fourth-order valence-corrected chi connectivity index (χ4v) is 1.35. The summed E-state index contributed by atoms with van der Waals surface area (Å²) >= 11 is 3.05. The number of likely N-dealkylation sites (N-methyl/N-ethyl adjacent to an activating group) is 1. The van der Waals surface area contributed by atoms with Crippen molar-refractivity contribution in [3.05, 3.63) is 34.1 Å². The molecule has 0 aromatic heterocycles. The lowest BCUT2D eigenvalue weighted by atomic mass is 10.1. The van der Waals surface area contributed by atoms with Gasteiger partial charge in [-0.15, -0.1) is 0 Å². The van der Waals surface area contributed by atoms with Crippen molar-refractivity contribution in [1.29, 1.82) is 0 Å². The molecule has 1 aromatic rings. The summed E-state index contributed by atoms with van der Waals surface area (Å²) in [6.07, 6.45) is 0.273. The summed E-state index contributed by atoms with van der Waals surface area (Å²) in [5.74, 6) is -0.404. The van der Waals surface area contributed by atoms with Crippen LogP contribution in [0.15, 0.2) is 22.7 Å². The van der Waals surface area contributed by atoms with E-state index in [-0.39, 0.29) is 18.1 Å². The van der Waals surface area contributed by atoms with Crippen LogP contribution >= 0.6 is 15.9 Å². The molecule has 1 N–H and O–H groups in total. The molecule has 0 unspecified atom stereocenters. The van der Waals surface area contributed by atoms with Crippen LogP contribution < -0.4 is 5.32 Å². The maximum atomic E-state index is 12.8. The molecule has 4 heteroatoms. The number of hydrogen-bond acceptors (Lipinski definition) is 1. The van der Waals surface area contributed by atoms with Gasteiger partial charge in [0.05, 0.1) is 10.9 Å². The van der Waals surface area contributed by atoms with Crippen molar-refractivity contribution in [2.75, 3.05) is 7.05 Å². The Balaban J connectivity index is 2.79. The quantitative estimate of drug-likeness (QED) is 0.848. The zero-order valence-electron chi connectivity index (χ0n) is 7.10. The molecule has 0 aliphatic carbocycles. The Hall–Kier alpha value is -0.900. The smallest absolute Gasteiger partial charge is 0.224 e. The predicted octanol–water partition coefficient (Wildman–Crippen LogP) is 1.88. The average molecular weight is 246 g/mol. The summed E-state index contributed by atoms with van der Waals surface area (Å²) in [6.45, 7) is 0. The molecule has 1 aromatic carbocycles. The minimum atomic E-state index is -0.319. The van der Waals surface area contributed by atoms with E-state index >= 15 is 0 Å². The van der Waals surface area contributed by atoms with Crippen LogP contribution in [-0.4, -0.2) is 13.0 Å². The van der Waals surface area contributed by atoms with Gasteiger partial charge < -0.3 is 5.32 Å². The van der Waals surface area contributed by atoms with E-state index in [0.717, 1.165) is 5.56 Å². The van der Waals surface area contributed by atoms with Crippen LogP contribution in [0.5, 0.6) is 0 Å². The van der Waals surface area contributed by atoms with E-state index in [1.807, 2.05) is 0 Å². The Morgan fingerprint density at radius 1 is 1.62 bits per heavy atom. The van der Waals surface area contributed by atoms with E-state index in [9.17, 15) is 9.18 Å². The largest absolute Gasteiger partial charge is 0.359 e. The molecule has 0 spiro atoms. The lowest BCUT2D eigenvalue weighted by Crippen LogP contribution is -2.19. The van der Waals surface area contributed by atoms with Crippen LogP contribution in [0.2, 0.25) is 0 Å². The average Bonchev–Trinajstić information content (AvgIpc) is 2.11. The van der Waals surface area contributed by atoms with E-state index in [1.54, 1.807) is 19.2 Å². The second-order valence-electron chi connectivity index (χ2n) is 2.60. The lowest BCUT2D eigenvalue weighted by Gasteiger charge is -2.01. The Morgan fingerprint density at radius 2 is 2.31 bits per heavy atom. The van der Waals surface area contributed by atoms with Crippen LogP contribution in [0.25, 0.3) is 0 Å². The fourth-order valence-electron chi connectivity index (χ4n) is 0.923. The highest BCUT2D eigenvalue weighted by Gasteiger charge is 2.03. The van der Waals surface area contributed by atoms with Crippen LogP contribution in [0.1, 0.15) is 5.56 Å². The molecule has 1 amide bonds. The summed E-state index contributed by atoms with van der Waals surface area (Å²) in [5, 5.41) is 2.50. The van der Waals surface area contributed by atoms with Gasteiger partial charge in [0.15, 0.2) is 0 Å². The number of nitrogens with one attached hydrogen (secondary N) is 1. The Labute approximate surface area is 84.3 Å². The number of rotatable bonds is 2. The second kappa shape index (κ2) is 4.37. The maximum absolute atomic E-state index is 12.8. The molecule has 0 aliphatic rings. The van der Waals surface area contributed by atoms with E-state index < -0.39 is 0 Å². The van der Waals surface area contributed by atoms with Crippen LogP contribution in [0.3, 0.4) is 0 Å². The topological polar surface area (TPSA) is 29.1 Å². The fraction of sp³-hybridized carbons (Fsp3) is 0.222. The van der Waals surface area contributed by atoms with Gasteiger partial charge in [0, 0.05) is 7.05 Å². The number of amides is 1. The Bertz CT molecular complexity index is 327. The predicted molar refractivity (Wildman–Crippen MR) is 51.9 cm³/mol. The van der Waals surface area contributed by atoms with Gasteiger partial charge in [0.2, 0.25) is 5.91 Å². The molecule has 1 rings (SSSR count).